The number of hydrogen-bond donors (Lipinski definition) is 0. The zero-order valence-electron chi connectivity index (χ0n) is 13.0. The van der Waals surface area contributed by atoms with Gasteiger partial charge in [0.25, 0.3) is 0 Å². The van der Waals surface area contributed by atoms with E-state index in [9.17, 15) is 9.59 Å². The molecule has 2 heterocycles. The van der Waals surface area contributed by atoms with Gasteiger partial charge in [-0.2, -0.15) is 0 Å². The number of benzene rings is 1. The van der Waals surface area contributed by atoms with Crippen LogP contribution in [0.25, 0.3) is 11.0 Å². The molecule has 0 aliphatic carbocycles. The Morgan fingerprint density at radius 2 is 1.79 bits per heavy atom. The van der Waals surface area contributed by atoms with Crippen molar-refractivity contribution >= 4 is 50.1 Å². The highest BCUT2D eigenvalue weighted by Crippen LogP contribution is 2.22. The number of Topliss-reactive ketones (excluding diaryl/α,β-unsaturated/α-hetero) is 1. The molecule has 0 saturated heterocycles. The van der Waals surface area contributed by atoms with Gasteiger partial charge in [0.15, 0.2) is 6.61 Å². The van der Waals surface area contributed by atoms with Crippen molar-refractivity contribution in [1.82, 2.24) is 9.97 Å². The SMILES string of the molecule is Cc1nc2ccc(C(=O)OCC(=O)c3ccc(Br)s3)cc2nc1C. The molecular weight excluding hydrogens is 392 g/mol. The predicted octanol–water partition coefficient (Wildman–Crippen LogP) is 4.11. The summed E-state index contributed by atoms with van der Waals surface area (Å²) in [5.74, 6) is -0.785. The zero-order chi connectivity index (χ0) is 17.3. The Kier molecular flexibility index (Phi) is 4.73. The maximum Gasteiger partial charge on any atom is 0.338 e. The van der Waals surface area contributed by atoms with Crippen LogP contribution in [0.4, 0.5) is 0 Å². The third-order valence-corrected chi connectivity index (χ3v) is 5.16. The number of rotatable bonds is 4. The maximum absolute atomic E-state index is 12.2. The second kappa shape index (κ2) is 6.78. The lowest BCUT2D eigenvalue weighted by atomic mass is 10.2. The van der Waals surface area contributed by atoms with Crippen LogP contribution in [0.5, 0.6) is 0 Å². The largest absolute Gasteiger partial charge is 0.454 e. The van der Waals surface area contributed by atoms with Gasteiger partial charge in [-0.05, 0) is 60.1 Å². The second-order valence-corrected chi connectivity index (χ2v) is 7.66. The molecule has 0 N–H and O–H groups in total. The molecular formula is C17H13BrN2O3S. The summed E-state index contributed by atoms with van der Waals surface area (Å²) < 4.78 is 5.97. The van der Waals surface area contributed by atoms with E-state index in [1.54, 1.807) is 30.3 Å². The minimum atomic E-state index is -0.555. The Labute approximate surface area is 150 Å². The summed E-state index contributed by atoms with van der Waals surface area (Å²) in [4.78, 5) is 33.5. The summed E-state index contributed by atoms with van der Waals surface area (Å²) in [5.41, 5.74) is 3.35. The van der Waals surface area contributed by atoms with Gasteiger partial charge in [-0.1, -0.05) is 0 Å². The first-order valence-electron chi connectivity index (χ1n) is 7.14. The summed E-state index contributed by atoms with van der Waals surface area (Å²) in [6.45, 7) is 3.46. The molecule has 24 heavy (non-hydrogen) atoms. The summed E-state index contributed by atoms with van der Waals surface area (Å²) in [5, 5.41) is 0. The molecule has 3 rings (SSSR count). The summed E-state index contributed by atoms with van der Waals surface area (Å²) in [6.07, 6.45) is 0. The molecule has 0 saturated carbocycles. The lowest BCUT2D eigenvalue weighted by Crippen LogP contribution is -2.13. The number of esters is 1. The second-order valence-electron chi connectivity index (χ2n) is 5.20. The van der Waals surface area contributed by atoms with Gasteiger partial charge in [-0.25, -0.2) is 14.8 Å². The molecule has 0 bridgehead atoms. The molecule has 2 aromatic heterocycles. The highest BCUT2D eigenvalue weighted by atomic mass is 79.9. The van der Waals surface area contributed by atoms with Crippen molar-refractivity contribution in [1.29, 1.82) is 0 Å². The third kappa shape index (κ3) is 3.52. The van der Waals surface area contributed by atoms with E-state index in [-0.39, 0.29) is 12.4 Å². The molecule has 0 aliphatic heterocycles. The first kappa shape index (κ1) is 16.7. The van der Waals surface area contributed by atoms with Crippen LogP contribution in [-0.2, 0) is 4.74 Å². The molecule has 0 unspecified atom stereocenters. The van der Waals surface area contributed by atoms with Crippen LogP contribution in [0.3, 0.4) is 0 Å². The predicted molar refractivity (Wildman–Crippen MR) is 95.6 cm³/mol. The molecule has 7 heteroatoms. The van der Waals surface area contributed by atoms with E-state index >= 15 is 0 Å². The molecule has 0 aliphatic rings. The molecule has 3 aromatic rings. The summed E-state index contributed by atoms with van der Waals surface area (Å²) >= 11 is 4.60. The number of aryl methyl sites for hydroxylation is 2. The Morgan fingerprint density at radius 1 is 1.08 bits per heavy atom. The topological polar surface area (TPSA) is 69.2 Å². The third-order valence-electron chi connectivity index (χ3n) is 3.49. The minimum Gasteiger partial charge on any atom is -0.454 e. The van der Waals surface area contributed by atoms with Crippen LogP contribution < -0.4 is 0 Å². The van der Waals surface area contributed by atoms with E-state index in [1.165, 1.54) is 11.3 Å². The number of carbonyl (C=O) groups excluding carboxylic acids is 2. The van der Waals surface area contributed by atoms with E-state index in [2.05, 4.69) is 25.9 Å². The van der Waals surface area contributed by atoms with Crippen molar-refractivity contribution in [2.24, 2.45) is 0 Å². The van der Waals surface area contributed by atoms with Crippen molar-refractivity contribution < 1.29 is 14.3 Å². The van der Waals surface area contributed by atoms with Crippen LogP contribution in [0.1, 0.15) is 31.4 Å². The number of ketones is 1. The van der Waals surface area contributed by atoms with Crippen LogP contribution in [0, 0.1) is 13.8 Å². The fourth-order valence-corrected chi connectivity index (χ4v) is 3.42. The standard InChI is InChI=1S/C17H13BrN2O3S/c1-9-10(2)20-13-7-11(3-4-12(13)19-9)17(22)23-8-14(21)15-5-6-16(18)24-15/h3-7H,8H2,1-2H3. The Balaban J connectivity index is 1.74. The Hall–Kier alpha value is -2.12. The molecule has 0 spiro atoms. The van der Waals surface area contributed by atoms with Gasteiger partial charge in [-0.15, -0.1) is 11.3 Å². The normalized spacial score (nSPS) is 10.8. The van der Waals surface area contributed by atoms with E-state index in [4.69, 9.17) is 4.74 Å². The van der Waals surface area contributed by atoms with E-state index < -0.39 is 5.97 Å². The molecule has 0 amide bonds. The molecule has 5 nitrogen and oxygen atoms in total. The number of carbonyl (C=O) groups is 2. The van der Waals surface area contributed by atoms with Gasteiger partial charge in [0.05, 0.1) is 36.6 Å². The van der Waals surface area contributed by atoms with Crippen LogP contribution >= 0.6 is 27.3 Å². The van der Waals surface area contributed by atoms with Gasteiger partial charge in [0.2, 0.25) is 5.78 Å². The summed E-state index contributed by atoms with van der Waals surface area (Å²) in [7, 11) is 0. The van der Waals surface area contributed by atoms with E-state index in [0.29, 0.717) is 21.5 Å². The monoisotopic (exact) mass is 404 g/mol. The van der Waals surface area contributed by atoms with Crippen molar-refractivity contribution in [3.63, 3.8) is 0 Å². The van der Waals surface area contributed by atoms with Gasteiger partial charge in [-0.3, -0.25) is 4.79 Å². The number of nitrogens with zero attached hydrogens (tertiary/aromatic N) is 2. The van der Waals surface area contributed by atoms with E-state index in [1.807, 2.05) is 13.8 Å². The van der Waals surface area contributed by atoms with Crippen molar-refractivity contribution in [2.45, 2.75) is 13.8 Å². The number of fused-ring (bicyclic) bond motifs is 1. The number of thiophene rings is 1. The molecule has 0 radical (unpaired) electrons. The van der Waals surface area contributed by atoms with Gasteiger partial charge >= 0.3 is 5.97 Å². The quantitative estimate of drug-likeness (QED) is 0.483. The highest BCUT2D eigenvalue weighted by Gasteiger charge is 2.14. The molecule has 0 atom stereocenters. The van der Waals surface area contributed by atoms with Crippen LogP contribution in [0.2, 0.25) is 0 Å². The smallest absolute Gasteiger partial charge is 0.338 e. The Morgan fingerprint density at radius 3 is 2.46 bits per heavy atom. The summed E-state index contributed by atoms with van der Waals surface area (Å²) in [6, 6.07) is 8.46. The molecule has 122 valence electrons. The maximum atomic E-state index is 12.2. The first-order chi connectivity index (χ1) is 11.4. The van der Waals surface area contributed by atoms with Gasteiger partial charge < -0.3 is 4.74 Å². The molecule has 1 aromatic carbocycles. The fraction of sp³-hybridized carbons (Fsp3) is 0.176. The van der Waals surface area contributed by atoms with Crippen molar-refractivity contribution in [3.8, 4) is 0 Å². The number of halogens is 1. The fourth-order valence-electron chi connectivity index (χ4n) is 2.11. The van der Waals surface area contributed by atoms with Crippen LogP contribution in [-0.4, -0.2) is 28.3 Å². The molecule has 0 fully saturated rings. The number of hydrogen-bond acceptors (Lipinski definition) is 6. The van der Waals surface area contributed by atoms with Crippen molar-refractivity contribution in [2.75, 3.05) is 6.61 Å². The average Bonchev–Trinajstić information content (AvgIpc) is 2.99. The highest BCUT2D eigenvalue weighted by molar-refractivity contribution is 9.11. The average molecular weight is 405 g/mol. The van der Waals surface area contributed by atoms with Gasteiger partial charge in [0, 0.05) is 0 Å². The van der Waals surface area contributed by atoms with Gasteiger partial charge in [0.1, 0.15) is 0 Å². The van der Waals surface area contributed by atoms with Crippen LogP contribution in [0.15, 0.2) is 34.1 Å². The number of aromatic nitrogens is 2. The number of ether oxygens (including phenoxy) is 1. The first-order valence-corrected chi connectivity index (χ1v) is 8.75. The Bertz CT molecular complexity index is 952. The lowest BCUT2D eigenvalue weighted by molar-refractivity contribution is 0.0476. The lowest BCUT2D eigenvalue weighted by Gasteiger charge is -2.06. The van der Waals surface area contributed by atoms with Crippen molar-refractivity contribution in [3.05, 3.63) is 55.9 Å². The van der Waals surface area contributed by atoms with E-state index in [0.717, 1.165) is 15.2 Å². The zero-order valence-corrected chi connectivity index (χ0v) is 15.4. The minimum absolute atomic E-state index is 0.230.